The average molecular weight is 339 g/mol. The molecule has 0 bridgehead atoms. The molecule has 1 aromatic carbocycles. The van der Waals surface area contributed by atoms with Crippen molar-refractivity contribution < 1.29 is 23.1 Å². The molecule has 0 unspecified atom stereocenters. The quantitative estimate of drug-likeness (QED) is 0.801. The topological polar surface area (TPSA) is 92.7 Å². The Morgan fingerprint density at radius 2 is 2.00 bits per heavy atom. The Bertz CT molecular complexity index is 739. The lowest BCUT2D eigenvalue weighted by Gasteiger charge is -2.23. The molecule has 2 N–H and O–H groups in total. The SMILES string of the molecule is COc1ccc(S(=O)(=O)N[C@H]2C=CC[C@H](C(=O)O)C2)c(C)c1C. The van der Waals surface area contributed by atoms with E-state index in [1.54, 1.807) is 32.1 Å². The highest BCUT2D eigenvalue weighted by Crippen LogP contribution is 2.28. The van der Waals surface area contributed by atoms with Crippen LogP contribution in [0, 0.1) is 19.8 Å². The van der Waals surface area contributed by atoms with Gasteiger partial charge in [0.05, 0.1) is 17.9 Å². The van der Waals surface area contributed by atoms with E-state index in [-0.39, 0.29) is 11.3 Å². The summed E-state index contributed by atoms with van der Waals surface area (Å²) in [5.41, 5.74) is 1.38. The Balaban J connectivity index is 2.26. The number of nitrogens with one attached hydrogen (secondary N) is 1. The first-order valence-electron chi connectivity index (χ1n) is 7.32. The summed E-state index contributed by atoms with van der Waals surface area (Å²) in [5, 5.41) is 9.08. The van der Waals surface area contributed by atoms with Crippen LogP contribution in [0.4, 0.5) is 0 Å². The van der Waals surface area contributed by atoms with Crippen molar-refractivity contribution in [1.82, 2.24) is 4.72 Å². The van der Waals surface area contributed by atoms with Gasteiger partial charge in [0.2, 0.25) is 10.0 Å². The van der Waals surface area contributed by atoms with Crippen LogP contribution in [0.15, 0.2) is 29.2 Å². The molecule has 0 radical (unpaired) electrons. The van der Waals surface area contributed by atoms with Crippen LogP contribution in [-0.2, 0) is 14.8 Å². The number of hydrogen-bond acceptors (Lipinski definition) is 4. The summed E-state index contributed by atoms with van der Waals surface area (Å²) in [4.78, 5) is 11.3. The lowest BCUT2D eigenvalue weighted by Crippen LogP contribution is -2.38. The van der Waals surface area contributed by atoms with E-state index in [1.165, 1.54) is 13.2 Å². The summed E-state index contributed by atoms with van der Waals surface area (Å²) in [7, 11) is -2.20. The van der Waals surface area contributed by atoms with Crippen LogP contribution in [0.5, 0.6) is 5.75 Å². The van der Waals surface area contributed by atoms with Crippen molar-refractivity contribution >= 4 is 16.0 Å². The Kier molecular flexibility index (Phi) is 5.11. The second-order valence-electron chi connectivity index (χ2n) is 5.68. The summed E-state index contributed by atoms with van der Waals surface area (Å²) in [6.45, 7) is 3.53. The molecule has 0 fully saturated rings. The van der Waals surface area contributed by atoms with Gasteiger partial charge in [-0.25, -0.2) is 13.1 Å². The molecular weight excluding hydrogens is 318 g/mol. The van der Waals surface area contributed by atoms with E-state index < -0.39 is 28.0 Å². The van der Waals surface area contributed by atoms with Gasteiger partial charge in [0, 0.05) is 6.04 Å². The van der Waals surface area contributed by atoms with Gasteiger partial charge in [-0.1, -0.05) is 12.2 Å². The first-order chi connectivity index (χ1) is 10.8. The highest BCUT2D eigenvalue weighted by atomic mass is 32.2. The third kappa shape index (κ3) is 3.73. The van der Waals surface area contributed by atoms with Gasteiger partial charge in [-0.3, -0.25) is 4.79 Å². The van der Waals surface area contributed by atoms with Crippen LogP contribution < -0.4 is 9.46 Å². The monoisotopic (exact) mass is 339 g/mol. The molecule has 126 valence electrons. The predicted octanol–water partition coefficient (Wildman–Crippen LogP) is 2.01. The number of hydrogen-bond donors (Lipinski definition) is 2. The second kappa shape index (κ2) is 6.72. The van der Waals surface area contributed by atoms with Crippen LogP contribution in [-0.4, -0.2) is 32.6 Å². The molecule has 2 rings (SSSR count). The fourth-order valence-electron chi connectivity index (χ4n) is 2.72. The van der Waals surface area contributed by atoms with Crippen LogP contribution in [0.25, 0.3) is 0 Å². The van der Waals surface area contributed by atoms with Crippen molar-refractivity contribution in [1.29, 1.82) is 0 Å². The van der Waals surface area contributed by atoms with E-state index in [2.05, 4.69) is 4.72 Å². The summed E-state index contributed by atoms with van der Waals surface area (Å²) in [5.74, 6) is -0.841. The first kappa shape index (κ1) is 17.5. The number of aliphatic carboxylic acids is 1. The second-order valence-corrected chi connectivity index (χ2v) is 7.36. The average Bonchev–Trinajstić information content (AvgIpc) is 2.49. The van der Waals surface area contributed by atoms with Gasteiger partial charge in [0.15, 0.2) is 0 Å². The van der Waals surface area contributed by atoms with E-state index >= 15 is 0 Å². The maximum Gasteiger partial charge on any atom is 0.306 e. The minimum absolute atomic E-state index is 0.182. The fourth-order valence-corrected chi connectivity index (χ4v) is 4.23. The zero-order valence-electron chi connectivity index (χ0n) is 13.4. The molecule has 2 atom stereocenters. The number of allylic oxidation sites excluding steroid dienone is 1. The number of benzene rings is 1. The molecule has 0 aromatic heterocycles. The maximum atomic E-state index is 12.6. The normalized spacial score (nSPS) is 21.2. The van der Waals surface area contributed by atoms with Gasteiger partial charge in [-0.2, -0.15) is 0 Å². The van der Waals surface area contributed by atoms with Crippen LogP contribution in [0.3, 0.4) is 0 Å². The summed E-state index contributed by atoms with van der Waals surface area (Å²) in [6, 6.07) is 2.61. The Labute approximate surface area is 136 Å². The standard InChI is InChI=1S/C16H21NO5S/c1-10-11(2)15(8-7-14(10)22-3)23(20,21)17-13-6-4-5-12(9-13)16(18)19/h4,6-8,12-13,17H,5,9H2,1-3H3,(H,18,19)/t12-,13-/m0/s1. The van der Waals surface area contributed by atoms with Gasteiger partial charge in [0.25, 0.3) is 0 Å². The summed E-state index contributed by atoms with van der Waals surface area (Å²) >= 11 is 0. The molecule has 1 aliphatic rings. The number of carbonyl (C=O) groups is 1. The zero-order valence-corrected chi connectivity index (χ0v) is 14.2. The van der Waals surface area contributed by atoms with Crippen molar-refractivity contribution in [3.05, 3.63) is 35.4 Å². The maximum absolute atomic E-state index is 12.6. The fraction of sp³-hybridized carbons (Fsp3) is 0.438. The van der Waals surface area contributed by atoms with E-state index in [0.29, 0.717) is 17.7 Å². The molecule has 0 saturated carbocycles. The third-order valence-electron chi connectivity index (χ3n) is 4.18. The highest BCUT2D eigenvalue weighted by Gasteiger charge is 2.28. The van der Waals surface area contributed by atoms with Crippen LogP contribution in [0.1, 0.15) is 24.0 Å². The van der Waals surface area contributed by atoms with Gasteiger partial charge in [-0.15, -0.1) is 0 Å². The minimum Gasteiger partial charge on any atom is -0.496 e. The van der Waals surface area contributed by atoms with Crippen LogP contribution in [0.2, 0.25) is 0 Å². The summed E-state index contributed by atoms with van der Waals surface area (Å²) in [6.07, 6.45) is 4.10. The van der Waals surface area contributed by atoms with Crippen molar-refractivity contribution in [2.45, 2.75) is 37.6 Å². The van der Waals surface area contributed by atoms with Gasteiger partial charge < -0.3 is 9.84 Å². The molecule has 0 heterocycles. The van der Waals surface area contributed by atoms with Gasteiger partial charge in [0.1, 0.15) is 5.75 Å². The number of methoxy groups -OCH3 is 1. The highest BCUT2D eigenvalue weighted by molar-refractivity contribution is 7.89. The molecule has 0 saturated heterocycles. The van der Waals surface area contributed by atoms with Crippen molar-refractivity contribution in [3.63, 3.8) is 0 Å². The van der Waals surface area contributed by atoms with Crippen LogP contribution >= 0.6 is 0 Å². The van der Waals surface area contributed by atoms with E-state index in [0.717, 1.165) is 5.56 Å². The number of sulfonamides is 1. The van der Waals surface area contributed by atoms with Crippen molar-refractivity contribution in [3.8, 4) is 5.75 Å². The Morgan fingerprint density at radius 3 is 2.61 bits per heavy atom. The largest absolute Gasteiger partial charge is 0.496 e. The molecule has 7 heteroatoms. The lowest BCUT2D eigenvalue weighted by molar-refractivity contribution is -0.142. The number of carboxylic acids is 1. The lowest BCUT2D eigenvalue weighted by atomic mass is 9.92. The number of rotatable bonds is 5. The molecule has 1 aromatic rings. The first-order valence-corrected chi connectivity index (χ1v) is 8.80. The van der Waals surface area contributed by atoms with Gasteiger partial charge in [-0.05, 0) is 49.9 Å². The molecule has 0 aliphatic heterocycles. The summed E-state index contributed by atoms with van der Waals surface area (Å²) < 4.78 is 33.0. The van der Waals surface area contributed by atoms with E-state index in [4.69, 9.17) is 9.84 Å². The number of carboxylic acid groups (broad SMARTS) is 1. The smallest absolute Gasteiger partial charge is 0.306 e. The molecule has 0 spiro atoms. The Morgan fingerprint density at radius 1 is 1.30 bits per heavy atom. The zero-order chi connectivity index (χ0) is 17.2. The third-order valence-corrected chi connectivity index (χ3v) is 5.81. The van der Waals surface area contributed by atoms with E-state index in [1.807, 2.05) is 0 Å². The minimum atomic E-state index is -3.74. The molecule has 1 aliphatic carbocycles. The molecule has 23 heavy (non-hydrogen) atoms. The van der Waals surface area contributed by atoms with Gasteiger partial charge >= 0.3 is 5.97 Å². The van der Waals surface area contributed by atoms with E-state index in [9.17, 15) is 13.2 Å². The molecular formula is C16H21NO5S. The number of ether oxygens (including phenoxy) is 1. The van der Waals surface area contributed by atoms with Crippen molar-refractivity contribution in [2.75, 3.05) is 7.11 Å². The molecule has 0 amide bonds. The predicted molar refractivity (Wildman–Crippen MR) is 86.1 cm³/mol. The van der Waals surface area contributed by atoms with Crippen molar-refractivity contribution in [2.24, 2.45) is 5.92 Å². The Hall–Kier alpha value is -1.86. The molecule has 6 nitrogen and oxygen atoms in total.